The summed E-state index contributed by atoms with van der Waals surface area (Å²) in [7, 11) is 0. The van der Waals surface area contributed by atoms with Crippen molar-refractivity contribution in [1.82, 2.24) is 0 Å². The van der Waals surface area contributed by atoms with Crippen LogP contribution in [0.1, 0.15) is 49.4 Å². The van der Waals surface area contributed by atoms with Crippen LogP contribution in [-0.2, 0) is 0 Å². The van der Waals surface area contributed by atoms with E-state index in [2.05, 4.69) is 0 Å². The summed E-state index contributed by atoms with van der Waals surface area (Å²) >= 11 is 1.59. The molecule has 0 bridgehead atoms. The van der Waals surface area contributed by atoms with Crippen LogP contribution >= 0.6 is 11.8 Å². The van der Waals surface area contributed by atoms with E-state index in [4.69, 9.17) is 0 Å². The van der Waals surface area contributed by atoms with E-state index in [9.17, 15) is 14.9 Å². The molecule has 1 saturated carbocycles. The van der Waals surface area contributed by atoms with Crippen LogP contribution in [0.2, 0.25) is 0 Å². The van der Waals surface area contributed by atoms with Gasteiger partial charge in [0.25, 0.3) is 5.69 Å². The van der Waals surface area contributed by atoms with Gasteiger partial charge in [-0.15, -0.1) is 11.8 Å². The Labute approximate surface area is 116 Å². The topological polar surface area (TPSA) is 60.2 Å². The Morgan fingerprint density at radius 1 is 1.32 bits per heavy atom. The molecule has 0 heterocycles. The van der Waals surface area contributed by atoms with E-state index in [1.165, 1.54) is 32.3 Å². The molecule has 1 aliphatic carbocycles. The van der Waals surface area contributed by atoms with Crippen LogP contribution in [0.3, 0.4) is 0 Å². The van der Waals surface area contributed by atoms with Crippen LogP contribution in [0.15, 0.2) is 23.1 Å². The average molecular weight is 279 g/mol. The van der Waals surface area contributed by atoms with E-state index < -0.39 is 4.92 Å². The molecule has 19 heavy (non-hydrogen) atoms. The molecule has 102 valence electrons. The molecule has 1 aromatic rings. The van der Waals surface area contributed by atoms with Crippen molar-refractivity contribution in [2.24, 2.45) is 0 Å². The Morgan fingerprint density at radius 3 is 2.58 bits per heavy atom. The summed E-state index contributed by atoms with van der Waals surface area (Å²) in [5, 5.41) is 11.6. The number of rotatable bonds is 4. The van der Waals surface area contributed by atoms with E-state index in [1.807, 2.05) is 0 Å². The number of hydrogen-bond donors (Lipinski definition) is 0. The summed E-state index contributed by atoms with van der Waals surface area (Å²) in [6.07, 6.45) is 5.92. The maximum Gasteiger partial charge on any atom is 0.283 e. The molecule has 0 atom stereocenters. The number of benzene rings is 1. The minimum Gasteiger partial charge on any atom is -0.295 e. The van der Waals surface area contributed by atoms with Gasteiger partial charge in [0.2, 0.25) is 0 Å². The van der Waals surface area contributed by atoms with Crippen LogP contribution in [-0.4, -0.2) is 16.0 Å². The number of thioether (sulfide) groups is 1. The third-order valence-corrected chi connectivity index (χ3v) is 4.81. The predicted octanol–water partition coefficient (Wildman–Crippen LogP) is 4.22. The van der Waals surface area contributed by atoms with Crippen LogP contribution in [0.25, 0.3) is 0 Å². The van der Waals surface area contributed by atoms with Gasteiger partial charge in [-0.25, -0.2) is 0 Å². The summed E-state index contributed by atoms with van der Waals surface area (Å²) < 4.78 is 0. The van der Waals surface area contributed by atoms with Gasteiger partial charge in [-0.1, -0.05) is 19.3 Å². The zero-order valence-corrected chi connectivity index (χ0v) is 11.7. The Morgan fingerprint density at radius 2 is 2.00 bits per heavy atom. The van der Waals surface area contributed by atoms with Gasteiger partial charge in [-0.2, -0.15) is 0 Å². The van der Waals surface area contributed by atoms with Crippen molar-refractivity contribution >= 4 is 23.2 Å². The first-order valence-corrected chi connectivity index (χ1v) is 7.42. The van der Waals surface area contributed by atoms with Crippen molar-refractivity contribution in [3.63, 3.8) is 0 Å². The fourth-order valence-corrected chi connectivity index (χ4v) is 3.67. The number of ketones is 1. The largest absolute Gasteiger partial charge is 0.295 e. The molecule has 1 aromatic carbocycles. The molecule has 0 saturated heterocycles. The molecule has 1 fully saturated rings. The summed E-state index contributed by atoms with van der Waals surface area (Å²) in [6.45, 7) is 1.42. The quantitative estimate of drug-likeness (QED) is 0.470. The minimum atomic E-state index is -0.391. The molecule has 0 unspecified atom stereocenters. The Balaban J connectivity index is 2.23. The van der Waals surface area contributed by atoms with Crippen molar-refractivity contribution in [2.45, 2.75) is 49.2 Å². The third kappa shape index (κ3) is 3.56. The van der Waals surface area contributed by atoms with Gasteiger partial charge in [-0.05, 0) is 31.9 Å². The number of Topliss-reactive ketones (excluding diaryl/α,β-unsaturated/α-hetero) is 1. The highest BCUT2D eigenvalue weighted by Gasteiger charge is 2.21. The Hall–Kier alpha value is -1.36. The molecule has 5 heteroatoms. The van der Waals surface area contributed by atoms with E-state index in [-0.39, 0.29) is 11.5 Å². The molecule has 0 aliphatic heterocycles. The first-order valence-electron chi connectivity index (χ1n) is 6.54. The molecular weight excluding hydrogens is 262 g/mol. The van der Waals surface area contributed by atoms with Crippen LogP contribution < -0.4 is 0 Å². The minimum absolute atomic E-state index is 0.0586. The van der Waals surface area contributed by atoms with E-state index in [1.54, 1.807) is 23.9 Å². The SMILES string of the molecule is CC(=O)c1ccc(SC2CCCCC2)c([N+](=O)[O-])c1. The van der Waals surface area contributed by atoms with Gasteiger partial charge in [0.1, 0.15) is 0 Å². The normalized spacial score (nSPS) is 16.3. The van der Waals surface area contributed by atoms with Crippen molar-refractivity contribution in [3.8, 4) is 0 Å². The molecule has 0 amide bonds. The lowest BCUT2D eigenvalue weighted by Gasteiger charge is -2.20. The second kappa shape index (κ2) is 6.19. The highest BCUT2D eigenvalue weighted by atomic mass is 32.2. The van der Waals surface area contributed by atoms with Gasteiger partial charge in [0.05, 0.1) is 9.82 Å². The van der Waals surface area contributed by atoms with E-state index in [0.29, 0.717) is 15.7 Å². The smallest absolute Gasteiger partial charge is 0.283 e. The van der Waals surface area contributed by atoms with E-state index >= 15 is 0 Å². The zero-order chi connectivity index (χ0) is 13.8. The molecule has 0 N–H and O–H groups in total. The molecule has 1 aliphatic rings. The number of carbonyl (C=O) groups is 1. The van der Waals surface area contributed by atoms with Crippen molar-refractivity contribution < 1.29 is 9.72 Å². The summed E-state index contributed by atoms with van der Waals surface area (Å²) in [5.41, 5.74) is 0.461. The van der Waals surface area contributed by atoms with Crippen LogP contribution in [0, 0.1) is 10.1 Å². The molecule has 2 rings (SSSR count). The highest BCUT2D eigenvalue weighted by Crippen LogP contribution is 2.38. The Bertz CT molecular complexity index is 495. The summed E-state index contributed by atoms with van der Waals surface area (Å²) in [4.78, 5) is 22.7. The monoisotopic (exact) mass is 279 g/mol. The zero-order valence-electron chi connectivity index (χ0n) is 10.9. The Kier molecular flexibility index (Phi) is 4.58. The number of nitrogens with zero attached hydrogens (tertiary/aromatic N) is 1. The van der Waals surface area contributed by atoms with Gasteiger partial charge >= 0.3 is 0 Å². The second-order valence-corrected chi connectivity index (χ2v) is 6.22. The van der Waals surface area contributed by atoms with Crippen molar-refractivity contribution in [3.05, 3.63) is 33.9 Å². The maximum absolute atomic E-state index is 11.3. The van der Waals surface area contributed by atoms with Gasteiger partial charge in [0, 0.05) is 16.9 Å². The molecule has 0 aromatic heterocycles. The van der Waals surface area contributed by atoms with Crippen molar-refractivity contribution in [2.75, 3.05) is 0 Å². The highest BCUT2D eigenvalue weighted by molar-refractivity contribution is 8.00. The fourth-order valence-electron chi connectivity index (χ4n) is 2.34. The van der Waals surface area contributed by atoms with Crippen LogP contribution in [0.5, 0.6) is 0 Å². The lowest BCUT2D eigenvalue weighted by molar-refractivity contribution is -0.387. The first kappa shape index (κ1) is 14.1. The fraction of sp³-hybridized carbons (Fsp3) is 0.500. The van der Waals surface area contributed by atoms with Crippen molar-refractivity contribution in [1.29, 1.82) is 0 Å². The van der Waals surface area contributed by atoms with E-state index in [0.717, 1.165) is 12.8 Å². The lowest BCUT2D eigenvalue weighted by atomic mass is 10.0. The van der Waals surface area contributed by atoms with Gasteiger partial charge in [0.15, 0.2) is 5.78 Å². The van der Waals surface area contributed by atoms with Gasteiger partial charge in [-0.3, -0.25) is 14.9 Å². The number of nitro benzene ring substituents is 1. The molecule has 0 spiro atoms. The lowest BCUT2D eigenvalue weighted by Crippen LogP contribution is -2.08. The second-order valence-electron chi connectivity index (χ2n) is 4.87. The average Bonchev–Trinajstić information content (AvgIpc) is 2.39. The summed E-state index contributed by atoms with van der Waals surface area (Å²) in [5.74, 6) is -0.141. The van der Waals surface area contributed by atoms with Crippen LogP contribution in [0.4, 0.5) is 5.69 Å². The summed E-state index contributed by atoms with van der Waals surface area (Å²) in [6, 6.07) is 4.79. The third-order valence-electron chi connectivity index (χ3n) is 3.41. The number of nitro groups is 1. The standard InChI is InChI=1S/C14H17NO3S/c1-10(16)11-7-8-14(13(9-11)15(17)18)19-12-5-3-2-4-6-12/h7-9,12H,2-6H2,1H3. The molecule has 4 nitrogen and oxygen atoms in total. The number of hydrogen-bond acceptors (Lipinski definition) is 4. The number of carbonyl (C=O) groups excluding carboxylic acids is 1. The maximum atomic E-state index is 11.3. The molecule has 0 radical (unpaired) electrons. The molecular formula is C14H17NO3S. The van der Waals surface area contributed by atoms with Gasteiger partial charge < -0.3 is 0 Å². The predicted molar refractivity (Wildman–Crippen MR) is 75.8 cm³/mol. The first-order chi connectivity index (χ1) is 9.08.